The van der Waals surface area contributed by atoms with Crippen molar-refractivity contribution in [2.45, 2.75) is 25.3 Å². The first kappa shape index (κ1) is 12.4. The van der Waals surface area contributed by atoms with Crippen molar-refractivity contribution in [2.75, 3.05) is 19.4 Å². The maximum absolute atomic E-state index is 11.8. The molecule has 0 bridgehead atoms. The van der Waals surface area contributed by atoms with Crippen LogP contribution in [0.4, 0.5) is 5.69 Å². The summed E-state index contributed by atoms with van der Waals surface area (Å²) in [7, 11) is 1.26. The Morgan fingerprint density at radius 1 is 1.61 bits per heavy atom. The van der Waals surface area contributed by atoms with Gasteiger partial charge in [-0.05, 0) is 19.3 Å². The zero-order chi connectivity index (χ0) is 13.1. The van der Waals surface area contributed by atoms with Crippen LogP contribution in [-0.4, -0.2) is 35.3 Å². The Labute approximate surface area is 104 Å². The van der Waals surface area contributed by atoms with Gasteiger partial charge in [0, 0.05) is 12.7 Å². The van der Waals surface area contributed by atoms with Gasteiger partial charge in [-0.15, -0.1) is 0 Å². The Morgan fingerprint density at radius 3 is 3.11 bits per heavy atom. The molecule has 0 radical (unpaired) electrons. The normalized spacial score (nSPS) is 20.1. The molecule has 1 aromatic rings. The molecule has 2 heterocycles. The molecule has 0 saturated carbocycles. The Bertz CT molecular complexity index is 469. The largest absolute Gasteiger partial charge is 0.464 e. The highest BCUT2D eigenvalue weighted by Gasteiger charge is 2.25. The summed E-state index contributed by atoms with van der Waals surface area (Å²) in [6.45, 7) is 0.677. The van der Waals surface area contributed by atoms with Gasteiger partial charge < -0.3 is 15.8 Å². The molecule has 7 heteroatoms. The topological polar surface area (TPSA) is 99.2 Å². The number of rotatable bonds is 2. The van der Waals surface area contributed by atoms with Crippen molar-refractivity contribution in [3.05, 3.63) is 11.9 Å². The van der Waals surface area contributed by atoms with E-state index in [1.54, 1.807) is 0 Å². The van der Waals surface area contributed by atoms with E-state index in [1.165, 1.54) is 18.0 Å². The van der Waals surface area contributed by atoms with Gasteiger partial charge in [0.05, 0.1) is 12.8 Å². The Hall–Kier alpha value is -2.05. The van der Waals surface area contributed by atoms with Crippen LogP contribution in [0.5, 0.6) is 0 Å². The van der Waals surface area contributed by atoms with E-state index in [9.17, 15) is 9.59 Å². The van der Waals surface area contributed by atoms with Gasteiger partial charge in [0.1, 0.15) is 6.04 Å². The van der Waals surface area contributed by atoms with Crippen LogP contribution < -0.4 is 11.1 Å². The van der Waals surface area contributed by atoms with Gasteiger partial charge in [0.2, 0.25) is 5.91 Å². The zero-order valence-corrected chi connectivity index (χ0v) is 10.2. The van der Waals surface area contributed by atoms with Crippen LogP contribution >= 0.6 is 0 Å². The van der Waals surface area contributed by atoms with Gasteiger partial charge in [-0.3, -0.25) is 9.48 Å². The standard InChI is InChI=1S/C11H16N4O3/c1-18-11(17)9-7(12)6-15(14-9)8-4-2-3-5-13-10(8)16/h6,8H,2-5,12H2,1H3,(H,13,16). The summed E-state index contributed by atoms with van der Waals surface area (Å²) < 4.78 is 6.02. The minimum absolute atomic E-state index is 0.0505. The van der Waals surface area contributed by atoms with Gasteiger partial charge in [0.15, 0.2) is 5.69 Å². The van der Waals surface area contributed by atoms with Crippen molar-refractivity contribution < 1.29 is 14.3 Å². The summed E-state index contributed by atoms with van der Waals surface area (Å²) in [6.07, 6.45) is 4.06. The molecule has 2 rings (SSSR count). The summed E-state index contributed by atoms with van der Waals surface area (Å²) >= 11 is 0. The van der Waals surface area contributed by atoms with Crippen LogP contribution in [0.3, 0.4) is 0 Å². The molecule has 0 spiro atoms. The molecular weight excluding hydrogens is 236 g/mol. The predicted octanol–water partition coefficient (Wildman–Crippen LogP) is 0.0931. The minimum atomic E-state index is -0.597. The number of hydrogen-bond acceptors (Lipinski definition) is 5. The van der Waals surface area contributed by atoms with Crippen molar-refractivity contribution in [2.24, 2.45) is 0 Å². The van der Waals surface area contributed by atoms with E-state index in [0.29, 0.717) is 13.0 Å². The highest BCUT2D eigenvalue weighted by Crippen LogP contribution is 2.21. The van der Waals surface area contributed by atoms with Gasteiger partial charge in [-0.1, -0.05) is 0 Å². The number of hydrogen-bond donors (Lipinski definition) is 2. The van der Waals surface area contributed by atoms with E-state index in [2.05, 4.69) is 15.2 Å². The minimum Gasteiger partial charge on any atom is -0.464 e. The van der Waals surface area contributed by atoms with Gasteiger partial charge in [-0.25, -0.2) is 4.79 Å². The van der Waals surface area contributed by atoms with Crippen molar-refractivity contribution in [1.29, 1.82) is 0 Å². The fourth-order valence-corrected chi connectivity index (χ4v) is 2.00. The summed E-state index contributed by atoms with van der Waals surface area (Å²) in [6, 6.07) is -0.409. The van der Waals surface area contributed by atoms with E-state index in [-0.39, 0.29) is 17.3 Å². The second-order valence-electron chi connectivity index (χ2n) is 4.21. The SMILES string of the molecule is COC(=O)c1nn(C2CCCCNC2=O)cc1N. The third-order valence-electron chi connectivity index (χ3n) is 2.96. The lowest BCUT2D eigenvalue weighted by molar-refractivity contribution is -0.124. The number of esters is 1. The molecule has 7 nitrogen and oxygen atoms in total. The Kier molecular flexibility index (Phi) is 3.50. The summed E-state index contributed by atoms with van der Waals surface area (Å²) in [5, 5.41) is 6.86. The second kappa shape index (κ2) is 5.07. The first-order valence-electron chi connectivity index (χ1n) is 5.84. The van der Waals surface area contributed by atoms with E-state index in [4.69, 9.17) is 5.73 Å². The summed E-state index contributed by atoms with van der Waals surface area (Å²) in [4.78, 5) is 23.2. The first-order chi connectivity index (χ1) is 8.63. The molecule has 98 valence electrons. The molecule has 1 aliphatic heterocycles. The molecule has 1 atom stereocenters. The van der Waals surface area contributed by atoms with E-state index < -0.39 is 12.0 Å². The molecule has 3 N–H and O–H groups in total. The monoisotopic (exact) mass is 252 g/mol. The number of nitrogens with two attached hydrogens (primary N) is 1. The van der Waals surface area contributed by atoms with Crippen molar-refractivity contribution in [3.8, 4) is 0 Å². The van der Waals surface area contributed by atoms with E-state index in [0.717, 1.165) is 12.8 Å². The molecule has 18 heavy (non-hydrogen) atoms. The fraction of sp³-hybridized carbons (Fsp3) is 0.545. The molecule has 1 saturated heterocycles. The number of aromatic nitrogens is 2. The molecule has 0 aliphatic carbocycles. The lowest BCUT2D eigenvalue weighted by Gasteiger charge is -2.13. The number of anilines is 1. The van der Waals surface area contributed by atoms with Gasteiger partial charge in [-0.2, -0.15) is 5.10 Å². The number of carbonyl (C=O) groups is 2. The average molecular weight is 252 g/mol. The number of methoxy groups -OCH3 is 1. The van der Waals surface area contributed by atoms with Crippen LogP contribution in [0, 0.1) is 0 Å². The average Bonchev–Trinajstić information content (AvgIpc) is 2.60. The van der Waals surface area contributed by atoms with Crippen molar-refractivity contribution in [1.82, 2.24) is 15.1 Å². The third kappa shape index (κ3) is 2.29. The highest BCUT2D eigenvalue weighted by atomic mass is 16.5. The molecule has 1 unspecified atom stereocenters. The third-order valence-corrected chi connectivity index (χ3v) is 2.96. The van der Waals surface area contributed by atoms with Crippen LogP contribution in [0.2, 0.25) is 0 Å². The maximum atomic E-state index is 11.8. The smallest absolute Gasteiger partial charge is 0.360 e. The number of nitrogens with zero attached hydrogens (tertiary/aromatic N) is 2. The van der Waals surface area contributed by atoms with Gasteiger partial charge >= 0.3 is 5.97 Å². The van der Waals surface area contributed by atoms with Crippen LogP contribution in [0.25, 0.3) is 0 Å². The number of nitrogens with one attached hydrogen (secondary N) is 1. The van der Waals surface area contributed by atoms with Crippen LogP contribution in [0.1, 0.15) is 35.8 Å². The van der Waals surface area contributed by atoms with Crippen LogP contribution in [-0.2, 0) is 9.53 Å². The highest BCUT2D eigenvalue weighted by molar-refractivity contribution is 5.92. The fourth-order valence-electron chi connectivity index (χ4n) is 2.00. The van der Waals surface area contributed by atoms with E-state index in [1.807, 2.05) is 0 Å². The first-order valence-corrected chi connectivity index (χ1v) is 5.84. The van der Waals surface area contributed by atoms with E-state index >= 15 is 0 Å². The summed E-state index contributed by atoms with van der Waals surface area (Å²) in [5.74, 6) is -0.688. The number of ether oxygens (including phenoxy) is 1. The number of amides is 1. The lowest BCUT2D eigenvalue weighted by Crippen LogP contribution is -2.31. The molecule has 1 amide bonds. The Balaban J connectivity index is 2.27. The zero-order valence-electron chi connectivity index (χ0n) is 10.2. The molecule has 1 fully saturated rings. The Morgan fingerprint density at radius 2 is 2.39 bits per heavy atom. The summed E-state index contributed by atoms with van der Waals surface area (Å²) in [5.41, 5.74) is 5.96. The molecule has 1 aromatic heterocycles. The molecular formula is C11H16N4O3. The molecule has 1 aliphatic rings. The van der Waals surface area contributed by atoms with Crippen LogP contribution in [0.15, 0.2) is 6.20 Å². The second-order valence-corrected chi connectivity index (χ2v) is 4.21. The van der Waals surface area contributed by atoms with Crippen molar-refractivity contribution >= 4 is 17.6 Å². The molecule has 0 aromatic carbocycles. The quantitative estimate of drug-likeness (QED) is 0.727. The maximum Gasteiger partial charge on any atom is 0.360 e. The van der Waals surface area contributed by atoms with Crippen molar-refractivity contribution in [3.63, 3.8) is 0 Å². The lowest BCUT2D eigenvalue weighted by atomic mass is 10.1. The number of carbonyl (C=O) groups excluding carboxylic acids is 2. The van der Waals surface area contributed by atoms with Gasteiger partial charge in [0.25, 0.3) is 0 Å². The number of nitrogen functional groups attached to an aromatic ring is 1. The predicted molar refractivity (Wildman–Crippen MR) is 63.9 cm³/mol.